The van der Waals surface area contributed by atoms with Gasteiger partial charge in [0.15, 0.2) is 6.73 Å². The van der Waals surface area contributed by atoms with Crippen molar-refractivity contribution < 1.29 is 28.6 Å². The molecule has 12 nitrogen and oxygen atoms in total. The van der Waals surface area contributed by atoms with Crippen LogP contribution in [-0.4, -0.2) is 57.2 Å². The number of aliphatic hydroxyl groups excluding tert-OH is 1. The lowest BCUT2D eigenvalue weighted by Crippen LogP contribution is -2.54. The van der Waals surface area contributed by atoms with Crippen LogP contribution < -0.4 is 27.6 Å². The highest BCUT2D eigenvalue weighted by atomic mass is 19.1. The number of carbonyl (C=O) groups is 3. The van der Waals surface area contributed by atoms with E-state index in [1.54, 1.807) is 4.98 Å². The van der Waals surface area contributed by atoms with Crippen molar-refractivity contribution >= 4 is 17.8 Å². The number of carbonyl (C=O) groups excluding carboxylic acids is 3. The zero-order valence-corrected chi connectivity index (χ0v) is 21.3. The van der Waals surface area contributed by atoms with Gasteiger partial charge < -0.3 is 26.2 Å². The molecule has 0 unspecified atom stereocenters. The molecule has 2 aromatic rings. The molecule has 0 bridgehead atoms. The van der Waals surface area contributed by atoms with Crippen LogP contribution in [0.15, 0.2) is 46.1 Å². The summed E-state index contributed by atoms with van der Waals surface area (Å²) in [4.78, 5) is 61.5. The zero-order chi connectivity index (χ0) is 28.2. The number of amides is 2. The quantitative estimate of drug-likeness (QED) is 0.159. The molecule has 13 heteroatoms. The lowest BCUT2D eigenvalue weighted by atomic mass is 9.99. The first-order chi connectivity index (χ1) is 18.0. The Labute approximate surface area is 218 Å². The maximum absolute atomic E-state index is 13.3. The van der Waals surface area contributed by atoms with Gasteiger partial charge in [-0.05, 0) is 30.7 Å². The monoisotopic (exact) mass is 535 g/mol. The predicted octanol–water partition coefficient (Wildman–Crippen LogP) is -0.465. The number of ether oxygens (including phenoxy) is 1. The van der Waals surface area contributed by atoms with Gasteiger partial charge >= 0.3 is 11.7 Å². The van der Waals surface area contributed by atoms with Crippen LogP contribution in [0.1, 0.15) is 38.7 Å². The van der Waals surface area contributed by atoms with Crippen LogP contribution >= 0.6 is 0 Å². The molecule has 1 heterocycles. The van der Waals surface area contributed by atoms with Crippen molar-refractivity contribution in [3.63, 3.8) is 0 Å². The van der Waals surface area contributed by atoms with Crippen LogP contribution in [0.2, 0.25) is 0 Å². The molecule has 1 aromatic carbocycles. The number of nitrogens with one attached hydrogen (secondary N) is 3. The van der Waals surface area contributed by atoms with E-state index in [2.05, 4.69) is 10.6 Å². The minimum absolute atomic E-state index is 0.0531. The van der Waals surface area contributed by atoms with E-state index in [0.717, 1.165) is 5.56 Å². The normalized spacial score (nSPS) is 13.4. The lowest BCUT2D eigenvalue weighted by Gasteiger charge is -2.24. The van der Waals surface area contributed by atoms with E-state index in [1.807, 2.05) is 44.2 Å². The molecule has 0 fully saturated rings. The second kappa shape index (κ2) is 14.8. The molecule has 0 aliphatic rings. The minimum atomic E-state index is -1.52. The fraction of sp³-hybridized carbons (Fsp3) is 0.480. The molecule has 38 heavy (non-hydrogen) atoms. The summed E-state index contributed by atoms with van der Waals surface area (Å²) in [6.45, 7) is 3.25. The Morgan fingerprint density at radius 3 is 2.50 bits per heavy atom. The van der Waals surface area contributed by atoms with Gasteiger partial charge in [0.1, 0.15) is 12.1 Å². The summed E-state index contributed by atoms with van der Waals surface area (Å²) in [5.41, 5.74) is 4.76. The first-order valence-corrected chi connectivity index (χ1v) is 12.2. The number of nitrogens with two attached hydrogens (primary N) is 1. The van der Waals surface area contributed by atoms with Crippen molar-refractivity contribution in [2.24, 2.45) is 11.7 Å². The van der Waals surface area contributed by atoms with Gasteiger partial charge in [-0.1, -0.05) is 44.2 Å². The summed E-state index contributed by atoms with van der Waals surface area (Å²) in [7, 11) is 0. The molecule has 2 amide bonds. The Balaban J connectivity index is 1.80. The van der Waals surface area contributed by atoms with Gasteiger partial charge in [0.2, 0.25) is 11.7 Å². The van der Waals surface area contributed by atoms with E-state index in [9.17, 15) is 33.5 Å². The van der Waals surface area contributed by atoms with E-state index in [1.165, 1.54) is 0 Å². The number of aliphatic hydroxyl groups is 1. The van der Waals surface area contributed by atoms with Crippen molar-refractivity contribution in [3.05, 3.63) is 68.7 Å². The maximum atomic E-state index is 13.3. The molecule has 6 N–H and O–H groups in total. The Morgan fingerprint density at radius 1 is 1.16 bits per heavy atom. The Hall–Kier alpha value is -3.84. The molecule has 1 aromatic heterocycles. The summed E-state index contributed by atoms with van der Waals surface area (Å²) in [5.74, 6) is -3.10. The van der Waals surface area contributed by atoms with Gasteiger partial charge in [-0.25, -0.2) is 4.79 Å². The highest BCUT2D eigenvalue weighted by Crippen LogP contribution is 2.08. The fourth-order valence-electron chi connectivity index (χ4n) is 3.51. The SMILES string of the molecule is CC(C)C[C@H](NC(=O)[C@@H](O)[C@H](N)Cc1ccccc1)C(=O)NCCCC(=O)OCn1cc(F)c(=O)[nH]c1=O. The van der Waals surface area contributed by atoms with Crippen LogP contribution in [0.25, 0.3) is 0 Å². The highest BCUT2D eigenvalue weighted by molar-refractivity contribution is 5.89. The number of aromatic amines is 1. The van der Waals surface area contributed by atoms with Gasteiger partial charge in [0.25, 0.3) is 11.5 Å². The zero-order valence-electron chi connectivity index (χ0n) is 21.3. The number of hydrogen-bond donors (Lipinski definition) is 5. The van der Waals surface area contributed by atoms with Gasteiger partial charge in [-0.2, -0.15) is 4.39 Å². The molecule has 208 valence electrons. The number of hydrogen-bond acceptors (Lipinski definition) is 8. The van der Waals surface area contributed by atoms with Crippen molar-refractivity contribution in [2.45, 2.75) is 64.4 Å². The molecule has 0 aliphatic heterocycles. The summed E-state index contributed by atoms with van der Waals surface area (Å²) in [5, 5.41) is 15.6. The number of H-pyrrole nitrogens is 1. The highest BCUT2D eigenvalue weighted by Gasteiger charge is 2.28. The van der Waals surface area contributed by atoms with Crippen LogP contribution in [0.4, 0.5) is 4.39 Å². The van der Waals surface area contributed by atoms with Crippen LogP contribution in [0.5, 0.6) is 0 Å². The van der Waals surface area contributed by atoms with E-state index < -0.39 is 59.8 Å². The third kappa shape index (κ3) is 9.90. The molecule has 0 saturated carbocycles. The molecule has 3 atom stereocenters. The standard InChI is InChI=1S/C25H34FN5O7/c1-15(2)11-19(29-24(36)21(33)18(27)12-16-7-4-3-5-8-16)23(35)28-10-6-9-20(32)38-14-31-13-17(26)22(34)30-25(31)37/h3-5,7-8,13,15,18-19,21,33H,6,9-12,14,27H2,1-2H3,(H,28,35)(H,29,36)(H,30,34,37)/t18-,19+,21+/m1/s1. The Morgan fingerprint density at radius 2 is 1.84 bits per heavy atom. The lowest BCUT2D eigenvalue weighted by molar-refractivity contribution is -0.147. The molecule has 0 radical (unpaired) electrons. The van der Waals surface area contributed by atoms with Gasteiger partial charge in [0, 0.05) is 19.0 Å². The third-order valence-electron chi connectivity index (χ3n) is 5.52. The van der Waals surface area contributed by atoms with Crippen molar-refractivity contribution in [1.29, 1.82) is 0 Å². The molecule has 0 aliphatic carbocycles. The second-order valence-electron chi connectivity index (χ2n) is 9.24. The first-order valence-electron chi connectivity index (χ1n) is 12.2. The molecule has 2 rings (SSSR count). The average Bonchev–Trinajstić information content (AvgIpc) is 2.87. The number of nitrogens with zero attached hydrogens (tertiary/aromatic N) is 1. The fourth-order valence-corrected chi connectivity index (χ4v) is 3.51. The molecular formula is C25H34FN5O7. The van der Waals surface area contributed by atoms with E-state index >= 15 is 0 Å². The summed E-state index contributed by atoms with van der Waals surface area (Å²) in [6.07, 6.45) is -0.232. The largest absolute Gasteiger partial charge is 0.444 e. The maximum Gasteiger partial charge on any atom is 0.331 e. The van der Waals surface area contributed by atoms with Crippen molar-refractivity contribution in [2.75, 3.05) is 6.54 Å². The summed E-state index contributed by atoms with van der Waals surface area (Å²) >= 11 is 0. The third-order valence-corrected chi connectivity index (χ3v) is 5.52. The second-order valence-corrected chi connectivity index (χ2v) is 9.24. The van der Waals surface area contributed by atoms with Gasteiger partial charge in [0.05, 0.1) is 6.20 Å². The predicted molar refractivity (Wildman–Crippen MR) is 135 cm³/mol. The smallest absolute Gasteiger partial charge is 0.331 e. The first kappa shape index (κ1) is 30.4. The number of benzene rings is 1. The van der Waals surface area contributed by atoms with Crippen LogP contribution in [0.3, 0.4) is 0 Å². The number of esters is 1. The average molecular weight is 536 g/mol. The number of halogens is 1. The Bertz CT molecular complexity index is 1200. The molecular weight excluding hydrogens is 501 g/mol. The van der Waals surface area contributed by atoms with E-state index in [4.69, 9.17) is 10.5 Å². The van der Waals surface area contributed by atoms with Crippen LogP contribution in [-0.2, 0) is 32.3 Å². The van der Waals surface area contributed by atoms with Crippen LogP contribution in [0, 0.1) is 11.7 Å². The summed E-state index contributed by atoms with van der Waals surface area (Å²) < 4.78 is 18.8. The van der Waals surface area contributed by atoms with Gasteiger partial charge in [-0.3, -0.25) is 28.7 Å². The van der Waals surface area contributed by atoms with E-state index in [-0.39, 0.29) is 31.7 Å². The van der Waals surface area contributed by atoms with Crippen molar-refractivity contribution in [3.8, 4) is 0 Å². The number of aromatic nitrogens is 2. The van der Waals surface area contributed by atoms with Crippen molar-refractivity contribution in [1.82, 2.24) is 20.2 Å². The summed E-state index contributed by atoms with van der Waals surface area (Å²) in [6, 6.07) is 7.37. The topological polar surface area (TPSA) is 186 Å². The Kier molecular flexibility index (Phi) is 11.8. The molecule has 0 spiro atoms. The molecule has 0 saturated heterocycles. The number of rotatable bonds is 14. The van der Waals surface area contributed by atoms with E-state index in [0.29, 0.717) is 17.2 Å². The minimum Gasteiger partial charge on any atom is -0.444 e. The van der Waals surface area contributed by atoms with Gasteiger partial charge in [-0.15, -0.1) is 0 Å².